The number of likely N-dealkylation sites (N-methyl/N-ethyl adjacent to an activating group) is 7. The Balaban J connectivity index is 3.01. The molecular formula is C68H118N12O12. The topological polar surface area (TPSA) is 292 Å². The van der Waals surface area contributed by atoms with Gasteiger partial charge in [0.15, 0.2) is 0 Å². The fourth-order valence-corrected chi connectivity index (χ4v) is 12.0. The summed E-state index contributed by atoms with van der Waals surface area (Å²) in [6, 6.07) is -9.83. The van der Waals surface area contributed by atoms with Crippen LogP contribution < -0.4 is 21.3 Å². The lowest BCUT2D eigenvalue weighted by atomic mass is 9.89. The van der Waals surface area contributed by atoms with Crippen LogP contribution in [0.2, 0.25) is 0 Å². The lowest BCUT2D eigenvalue weighted by Gasteiger charge is -2.41. The van der Waals surface area contributed by atoms with Crippen molar-refractivity contribution in [3.05, 3.63) is 29.6 Å². The Bertz CT molecular complexity index is 2680. The molecule has 0 saturated carbocycles. The first-order valence-electron chi connectivity index (χ1n) is 33.2. The average Bonchev–Trinajstić information content (AvgIpc) is 0.869. The quantitative estimate of drug-likeness (QED) is 0.145. The molecule has 1 saturated heterocycles. The second kappa shape index (κ2) is 36.7. The van der Waals surface area contributed by atoms with Gasteiger partial charge < -0.3 is 60.7 Å². The van der Waals surface area contributed by atoms with Crippen molar-refractivity contribution in [2.45, 2.75) is 249 Å². The molecule has 0 bridgehead atoms. The van der Waals surface area contributed by atoms with Crippen molar-refractivity contribution in [3.63, 3.8) is 0 Å². The zero-order chi connectivity index (χ0) is 70.8. The van der Waals surface area contributed by atoms with E-state index in [4.69, 9.17) is 0 Å². The minimum absolute atomic E-state index is 0.00848. The smallest absolute Gasteiger partial charge is 0.246 e. The molecule has 0 unspecified atom stereocenters. The number of nitrogens with zero attached hydrogens (tertiary/aromatic N) is 8. The highest BCUT2D eigenvalue weighted by Gasteiger charge is 2.46. The molecule has 5 N–H and O–H groups in total. The normalized spacial score (nSPS) is 26.5. The van der Waals surface area contributed by atoms with Crippen molar-refractivity contribution in [1.29, 1.82) is 0 Å². The Hall–Kier alpha value is -6.72. The van der Waals surface area contributed by atoms with Gasteiger partial charge in [0.05, 0.1) is 6.10 Å². The number of aromatic nitrogens is 1. The maximum atomic E-state index is 15.4. The number of pyridine rings is 1. The van der Waals surface area contributed by atoms with Crippen LogP contribution in [0.3, 0.4) is 0 Å². The second-order valence-corrected chi connectivity index (χ2v) is 28.4. The number of amides is 11. The van der Waals surface area contributed by atoms with Gasteiger partial charge in [-0.15, -0.1) is 0 Å². The highest BCUT2D eigenvalue weighted by Crippen LogP contribution is 2.27. The number of aliphatic hydroxyl groups is 1. The monoisotopic (exact) mass is 1290 g/mol. The largest absolute Gasteiger partial charge is 0.390 e. The molecule has 1 aliphatic heterocycles. The molecule has 0 aliphatic carbocycles. The van der Waals surface area contributed by atoms with Crippen LogP contribution in [0.5, 0.6) is 0 Å². The number of carbonyl (C=O) groups excluding carboxylic acids is 11. The van der Waals surface area contributed by atoms with Crippen molar-refractivity contribution in [1.82, 2.24) is 60.6 Å². The van der Waals surface area contributed by atoms with Crippen LogP contribution >= 0.6 is 0 Å². The van der Waals surface area contributed by atoms with Crippen molar-refractivity contribution in [2.24, 2.45) is 41.4 Å². The van der Waals surface area contributed by atoms with Gasteiger partial charge in [0.2, 0.25) is 65.0 Å². The maximum absolute atomic E-state index is 15.4. The molecule has 0 spiro atoms. The van der Waals surface area contributed by atoms with E-state index in [0.717, 1.165) is 21.1 Å². The van der Waals surface area contributed by atoms with Gasteiger partial charge in [-0.2, -0.15) is 0 Å². The van der Waals surface area contributed by atoms with Crippen LogP contribution in [0.15, 0.2) is 18.3 Å². The summed E-state index contributed by atoms with van der Waals surface area (Å²) in [5.74, 6) is -9.79. The number of rotatable bonds is 17. The lowest BCUT2D eigenvalue weighted by Crippen LogP contribution is -2.64. The number of carbonyl (C=O) groups is 11. The molecule has 2 heterocycles. The number of aryl methyl sites for hydroxylation is 2. The van der Waals surface area contributed by atoms with E-state index in [2.05, 4.69) is 26.3 Å². The zero-order valence-corrected chi connectivity index (χ0v) is 60.4. The molecule has 1 fully saturated rings. The number of hydrogen-bond donors (Lipinski definition) is 5. The van der Waals surface area contributed by atoms with E-state index in [9.17, 15) is 38.7 Å². The molecule has 24 nitrogen and oxygen atoms in total. The summed E-state index contributed by atoms with van der Waals surface area (Å²) in [6.45, 7) is 31.6. The molecule has 11 amide bonds. The fraction of sp³-hybridized carbons (Fsp3) is 0.765. The standard InChI is InChI=1S/C68H118N12O12/c1-26-49-64(88)74(19)47(18)63(87)75(20)51(33-38(4)5)60(84)73-54(41(10)11)67(91)76(21)50(32-37(2)3)59(83)70-45(16)58(82)71-46(17)62(86)77(22)52(34-39(6)7)65(89)78(23)53(35-40(8)9)66(90)79(24)55(42(12)13)68(92)80(25)56(61(85)72-49)57(81)43(14)28-27-29-48-30-31-69-44(15)36-48/h30-31,36-43,45-47,49-57,81H,26-29,32-35H2,1-25H3,(H,70,83)(H,71,82)(H,72,85)(H,73,84)/t43-,45-,46+,47-,49-,50-,51+,52-,53-,54-,55-,56-,57-/m1/s1. The maximum Gasteiger partial charge on any atom is 0.246 e. The molecule has 0 aromatic carbocycles. The third kappa shape index (κ3) is 22.2. The predicted molar refractivity (Wildman–Crippen MR) is 356 cm³/mol. The highest BCUT2D eigenvalue weighted by molar-refractivity contribution is 6.00. The van der Waals surface area contributed by atoms with E-state index >= 15 is 19.2 Å². The second-order valence-electron chi connectivity index (χ2n) is 28.4. The Labute approximate surface area is 550 Å². The van der Waals surface area contributed by atoms with E-state index in [1.165, 1.54) is 94.6 Å². The van der Waals surface area contributed by atoms with Gasteiger partial charge in [0.25, 0.3) is 0 Å². The van der Waals surface area contributed by atoms with E-state index < -0.39 is 155 Å². The molecule has 1 aromatic rings. The van der Waals surface area contributed by atoms with Gasteiger partial charge in [-0.05, 0) is 138 Å². The van der Waals surface area contributed by atoms with Gasteiger partial charge in [0, 0.05) is 61.2 Å². The summed E-state index contributed by atoms with van der Waals surface area (Å²) < 4.78 is 0. The summed E-state index contributed by atoms with van der Waals surface area (Å²) in [5.41, 5.74) is 1.87. The van der Waals surface area contributed by atoms with Crippen molar-refractivity contribution in [3.8, 4) is 0 Å². The summed E-state index contributed by atoms with van der Waals surface area (Å²) in [7, 11) is 10.00. The summed E-state index contributed by atoms with van der Waals surface area (Å²) in [5, 5.41) is 23.6. The third-order valence-electron chi connectivity index (χ3n) is 17.9. The zero-order valence-electron chi connectivity index (χ0n) is 60.4. The van der Waals surface area contributed by atoms with Crippen LogP contribution in [0.25, 0.3) is 0 Å². The summed E-state index contributed by atoms with van der Waals surface area (Å²) >= 11 is 0. The van der Waals surface area contributed by atoms with Gasteiger partial charge in [-0.3, -0.25) is 57.7 Å². The van der Waals surface area contributed by atoms with E-state index in [1.807, 2.05) is 74.4 Å². The first-order valence-corrected chi connectivity index (χ1v) is 33.2. The SMILES string of the molecule is CC[C@H]1NC(=O)[C@@H]([C@H](O)[C@H](C)CCCc2ccnc(C)c2)N(C)C(=O)[C@@H](C(C)C)N(C)C(=O)[C@@H](CC(C)C)N(C)C(=O)[C@@H](CC(C)C)N(C)C(=O)[C@H](C)NC(=O)[C@@H](C)NC(=O)[C@@H](CC(C)C)N(C)C(=O)[C@@H](C(C)C)NC(=O)[C@H](CC(C)C)N(C)C(=O)[C@@H](C)N(C)C1=O. The highest BCUT2D eigenvalue weighted by atomic mass is 16.3. The molecule has 1 aromatic heterocycles. The molecule has 1 aliphatic rings. The van der Waals surface area contributed by atoms with E-state index in [0.29, 0.717) is 19.3 Å². The molecule has 2 rings (SSSR count). The molecule has 0 radical (unpaired) electrons. The predicted octanol–water partition coefficient (Wildman–Crippen LogP) is 4.42. The first kappa shape index (κ1) is 81.4. The van der Waals surface area contributed by atoms with Crippen LogP contribution in [0.4, 0.5) is 0 Å². The summed E-state index contributed by atoms with van der Waals surface area (Å²) in [6.07, 6.45) is 2.43. The Morgan fingerprint density at radius 3 is 1.37 bits per heavy atom. The van der Waals surface area contributed by atoms with Gasteiger partial charge in [-0.25, -0.2) is 0 Å². The third-order valence-corrected chi connectivity index (χ3v) is 17.9. The van der Waals surface area contributed by atoms with Gasteiger partial charge in [0.1, 0.15) is 66.5 Å². The van der Waals surface area contributed by atoms with E-state index in [1.54, 1.807) is 47.7 Å². The minimum atomic E-state index is -1.63. The van der Waals surface area contributed by atoms with Crippen LogP contribution in [0, 0.1) is 48.3 Å². The Morgan fingerprint density at radius 2 is 0.902 bits per heavy atom. The number of aliphatic hydroxyl groups excluding tert-OH is 1. The Morgan fingerprint density at radius 1 is 0.467 bits per heavy atom. The Kier molecular flexibility index (Phi) is 32.4. The fourth-order valence-electron chi connectivity index (χ4n) is 12.0. The van der Waals surface area contributed by atoms with Crippen LogP contribution in [-0.4, -0.2) is 231 Å². The van der Waals surface area contributed by atoms with Crippen LogP contribution in [-0.2, 0) is 59.2 Å². The van der Waals surface area contributed by atoms with Gasteiger partial charge >= 0.3 is 0 Å². The molecule has 13 atom stereocenters. The molecule has 522 valence electrons. The van der Waals surface area contributed by atoms with Crippen molar-refractivity contribution in [2.75, 3.05) is 49.3 Å². The van der Waals surface area contributed by atoms with E-state index in [-0.39, 0.29) is 55.8 Å². The van der Waals surface area contributed by atoms with Crippen molar-refractivity contribution >= 4 is 65.0 Å². The van der Waals surface area contributed by atoms with Crippen molar-refractivity contribution < 1.29 is 57.8 Å². The first-order chi connectivity index (χ1) is 42.5. The lowest BCUT2D eigenvalue weighted by molar-refractivity contribution is -0.157. The molecular weight excluding hydrogens is 1180 g/mol. The molecule has 24 heteroatoms. The number of nitrogens with one attached hydrogen (secondary N) is 4. The summed E-state index contributed by atoms with van der Waals surface area (Å²) in [4.78, 5) is 175. The van der Waals surface area contributed by atoms with Gasteiger partial charge in [-0.1, -0.05) is 96.9 Å². The molecule has 92 heavy (non-hydrogen) atoms. The average molecular weight is 1300 g/mol. The number of hydrogen-bond acceptors (Lipinski definition) is 13. The minimum Gasteiger partial charge on any atom is -0.390 e. The van der Waals surface area contributed by atoms with Crippen LogP contribution in [0.1, 0.15) is 174 Å².